The van der Waals surface area contributed by atoms with Crippen LogP contribution in [0.2, 0.25) is 0 Å². The van der Waals surface area contributed by atoms with E-state index in [4.69, 9.17) is 9.47 Å². The molecule has 1 aromatic rings. The fraction of sp³-hybridized carbons (Fsp3) is 0.762. The minimum atomic E-state index is -0.759. The molecule has 5 heterocycles. The number of nitrogens with zero attached hydrogens (tertiary/aromatic N) is 5. The first kappa shape index (κ1) is 39.9. The predicted octanol–water partition coefficient (Wildman–Crippen LogP) is 5.17. The topological polar surface area (TPSA) is 115 Å². The van der Waals surface area contributed by atoms with Gasteiger partial charge in [-0.3, -0.25) is 29.5 Å². The summed E-state index contributed by atoms with van der Waals surface area (Å²) in [4.78, 5) is 60.6. The van der Waals surface area contributed by atoms with Crippen LogP contribution in [0.5, 0.6) is 0 Å². The molecule has 304 valence electrons. The lowest BCUT2D eigenvalue weighted by molar-refractivity contribution is -0.136. The summed E-state index contributed by atoms with van der Waals surface area (Å²) in [5, 5.41) is 2.31. The van der Waals surface area contributed by atoms with Crippen molar-refractivity contribution in [3.05, 3.63) is 29.1 Å². The summed E-state index contributed by atoms with van der Waals surface area (Å²) < 4.78 is 28.2. The normalized spacial score (nSPS) is 28.7. The maximum absolute atomic E-state index is 15.9. The lowest BCUT2D eigenvalue weighted by atomic mass is 9.86. The van der Waals surface area contributed by atoms with Crippen LogP contribution in [0, 0.1) is 17.7 Å². The van der Waals surface area contributed by atoms with Gasteiger partial charge in [0.05, 0.1) is 24.4 Å². The van der Waals surface area contributed by atoms with Crippen LogP contribution >= 0.6 is 0 Å². The van der Waals surface area contributed by atoms with Crippen molar-refractivity contribution in [2.24, 2.45) is 11.8 Å². The van der Waals surface area contributed by atoms with E-state index in [2.05, 4.69) is 33.9 Å². The Hall–Kier alpha value is -3.29. The molecule has 13 heteroatoms. The Bertz CT molecular complexity index is 1600. The van der Waals surface area contributed by atoms with Crippen LogP contribution in [0.15, 0.2) is 12.1 Å². The van der Waals surface area contributed by atoms with Gasteiger partial charge >= 0.3 is 6.09 Å². The summed E-state index contributed by atoms with van der Waals surface area (Å²) in [5.74, 6) is -0.421. The number of carbonyl (C=O) groups is 4. The highest BCUT2D eigenvalue weighted by Gasteiger charge is 2.42. The molecular weight excluding hydrogens is 703 g/mol. The average Bonchev–Trinajstić information content (AvgIpc) is 3.46. The van der Waals surface area contributed by atoms with Gasteiger partial charge in [-0.05, 0) is 116 Å². The largest absolute Gasteiger partial charge is 0.444 e. The molecule has 0 spiro atoms. The number of rotatable bonds is 8. The summed E-state index contributed by atoms with van der Waals surface area (Å²) in [6, 6.07) is 2.62. The van der Waals surface area contributed by atoms with Crippen LogP contribution in [-0.2, 0) is 25.6 Å². The minimum Gasteiger partial charge on any atom is -0.444 e. The van der Waals surface area contributed by atoms with Crippen molar-refractivity contribution < 1.29 is 33.0 Å². The molecule has 5 aliphatic heterocycles. The Balaban J connectivity index is 0.821. The summed E-state index contributed by atoms with van der Waals surface area (Å²) in [6.45, 7) is 18.9. The molecule has 1 aliphatic carbocycles. The maximum atomic E-state index is 15.9. The number of anilines is 1. The third-order valence-electron chi connectivity index (χ3n) is 12.9. The molecule has 2 atom stereocenters. The van der Waals surface area contributed by atoms with E-state index in [0.29, 0.717) is 41.7 Å². The van der Waals surface area contributed by atoms with Crippen LogP contribution in [0.1, 0.15) is 115 Å². The maximum Gasteiger partial charge on any atom is 0.410 e. The van der Waals surface area contributed by atoms with Gasteiger partial charge in [-0.1, -0.05) is 0 Å². The number of fused-ring (bicyclic) bond motifs is 1. The van der Waals surface area contributed by atoms with E-state index in [1.165, 1.54) is 17.7 Å². The smallest absolute Gasteiger partial charge is 0.410 e. The van der Waals surface area contributed by atoms with Gasteiger partial charge in [-0.2, -0.15) is 0 Å². The van der Waals surface area contributed by atoms with Crippen molar-refractivity contribution in [2.45, 2.75) is 135 Å². The first-order chi connectivity index (χ1) is 26.1. The van der Waals surface area contributed by atoms with E-state index in [0.717, 1.165) is 84.3 Å². The Morgan fingerprint density at radius 2 is 1.62 bits per heavy atom. The van der Waals surface area contributed by atoms with Gasteiger partial charge in [-0.25, -0.2) is 9.18 Å². The number of piperazine rings is 1. The second-order valence-electron chi connectivity index (χ2n) is 18.7. The number of halogens is 1. The molecule has 5 fully saturated rings. The SMILES string of the molecule is CC(C)(C)OC(=O)N1CCC[C@H](CN2CCN(CC3CCC(OC4CCN(c5ccc6c(c5F)CN(C5CCC(=O)NC5=O)C6=O)CC4)CC3)CC2(C)C)C1. The van der Waals surface area contributed by atoms with E-state index < -0.39 is 17.6 Å². The summed E-state index contributed by atoms with van der Waals surface area (Å²) in [6.07, 6.45) is 9.06. The number of imide groups is 1. The minimum absolute atomic E-state index is 0.0361. The van der Waals surface area contributed by atoms with Crippen molar-refractivity contribution in [2.75, 3.05) is 63.8 Å². The van der Waals surface area contributed by atoms with Gasteiger partial charge in [0.15, 0.2) is 5.82 Å². The van der Waals surface area contributed by atoms with Crippen LogP contribution in [0.25, 0.3) is 0 Å². The summed E-state index contributed by atoms with van der Waals surface area (Å²) in [7, 11) is 0. The molecule has 1 unspecified atom stereocenters. The Morgan fingerprint density at radius 3 is 2.31 bits per heavy atom. The number of benzene rings is 1. The fourth-order valence-corrected chi connectivity index (χ4v) is 9.96. The fourth-order valence-electron chi connectivity index (χ4n) is 9.96. The van der Waals surface area contributed by atoms with Crippen molar-refractivity contribution >= 4 is 29.5 Å². The number of nitrogens with one attached hydrogen (secondary N) is 1. The molecule has 0 radical (unpaired) electrons. The number of carbonyl (C=O) groups excluding carboxylic acids is 4. The zero-order chi connectivity index (χ0) is 39.1. The molecule has 0 aromatic heterocycles. The van der Waals surface area contributed by atoms with Gasteiger partial charge in [0.25, 0.3) is 5.91 Å². The third-order valence-corrected chi connectivity index (χ3v) is 12.9. The first-order valence-corrected chi connectivity index (χ1v) is 21.0. The van der Waals surface area contributed by atoms with Gasteiger partial charge in [0.2, 0.25) is 11.8 Å². The zero-order valence-electron chi connectivity index (χ0n) is 33.7. The molecule has 4 saturated heterocycles. The van der Waals surface area contributed by atoms with Crippen molar-refractivity contribution in [3.8, 4) is 0 Å². The van der Waals surface area contributed by atoms with E-state index in [1.54, 1.807) is 12.1 Å². The zero-order valence-corrected chi connectivity index (χ0v) is 33.7. The molecule has 7 rings (SSSR count). The summed E-state index contributed by atoms with van der Waals surface area (Å²) in [5.41, 5.74) is 0.743. The van der Waals surface area contributed by atoms with Crippen LogP contribution in [-0.4, -0.2) is 132 Å². The molecule has 55 heavy (non-hydrogen) atoms. The van der Waals surface area contributed by atoms with Gasteiger partial charge in [0, 0.05) is 82.0 Å². The van der Waals surface area contributed by atoms with Crippen LogP contribution in [0.4, 0.5) is 14.9 Å². The van der Waals surface area contributed by atoms with Gasteiger partial charge < -0.3 is 24.2 Å². The van der Waals surface area contributed by atoms with Gasteiger partial charge in [-0.15, -0.1) is 0 Å². The van der Waals surface area contributed by atoms with Gasteiger partial charge in [0.1, 0.15) is 11.6 Å². The molecule has 1 aromatic carbocycles. The molecule has 1 N–H and O–H groups in total. The second kappa shape index (κ2) is 16.3. The molecule has 0 bridgehead atoms. The lowest BCUT2D eigenvalue weighted by Gasteiger charge is -2.50. The Morgan fingerprint density at radius 1 is 0.891 bits per heavy atom. The quantitative estimate of drug-likeness (QED) is 0.358. The number of ether oxygens (including phenoxy) is 2. The summed E-state index contributed by atoms with van der Waals surface area (Å²) >= 11 is 0. The number of piperidine rings is 3. The van der Waals surface area contributed by atoms with Crippen LogP contribution in [0.3, 0.4) is 0 Å². The number of hydrogen-bond acceptors (Lipinski definition) is 9. The predicted molar refractivity (Wildman–Crippen MR) is 207 cm³/mol. The highest BCUT2D eigenvalue weighted by atomic mass is 19.1. The third kappa shape index (κ3) is 9.31. The molecule has 12 nitrogen and oxygen atoms in total. The average molecular weight is 767 g/mol. The van der Waals surface area contributed by atoms with Crippen molar-refractivity contribution in [1.29, 1.82) is 0 Å². The monoisotopic (exact) mass is 766 g/mol. The van der Waals surface area contributed by atoms with E-state index in [9.17, 15) is 19.2 Å². The number of likely N-dealkylation sites (tertiary alicyclic amines) is 1. The number of amides is 4. The number of hydrogen-bond donors (Lipinski definition) is 1. The van der Waals surface area contributed by atoms with Crippen LogP contribution < -0.4 is 10.2 Å². The molecular formula is C42H63FN6O6. The Kier molecular flexibility index (Phi) is 11.8. The highest BCUT2D eigenvalue weighted by Crippen LogP contribution is 2.36. The second-order valence-corrected chi connectivity index (χ2v) is 18.7. The standard InChI is InChI=1S/C42H63FN6O6/c1-41(2,3)55-40(53)47-18-6-7-29(24-47)25-48-22-21-45(27-42(48,4)5)23-28-8-10-30(11-9-28)54-31-16-19-46(20-17-31)34-13-12-32-33(37(34)43)26-49(39(32)52)35-14-15-36(50)44-38(35)51/h12-13,28-31,35H,6-11,14-27H2,1-5H3,(H,44,50,51)/t28?,29-,30?,35?/m0/s1. The Labute approximate surface area is 326 Å². The lowest BCUT2D eigenvalue weighted by Crippen LogP contribution is -2.61. The van der Waals surface area contributed by atoms with Crippen molar-refractivity contribution in [3.63, 3.8) is 0 Å². The molecule has 6 aliphatic rings. The van der Waals surface area contributed by atoms with E-state index >= 15 is 4.39 Å². The van der Waals surface area contributed by atoms with E-state index in [-0.39, 0.29) is 60.9 Å². The van der Waals surface area contributed by atoms with Crippen molar-refractivity contribution in [1.82, 2.24) is 24.9 Å². The van der Waals surface area contributed by atoms with E-state index in [1.807, 2.05) is 25.7 Å². The molecule has 1 saturated carbocycles. The molecule has 4 amide bonds. The highest BCUT2D eigenvalue weighted by molar-refractivity contribution is 6.05. The first-order valence-electron chi connectivity index (χ1n) is 21.0.